The van der Waals surface area contributed by atoms with E-state index >= 15 is 0 Å². The number of nitrogens with zero attached hydrogens (tertiary/aromatic N) is 2. The minimum Gasteiger partial charge on any atom is -0.464 e. The van der Waals surface area contributed by atoms with Crippen molar-refractivity contribution in [2.75, 3.05) is 12.4 Å². The van der Waals surface area contributed by atoms with Gasteiger partial charge in [0.2, 0.25) is 0 Å². The first-order valence-corrected chi connectivity index (χ1v) is 5.87. The van der Waals surface area contributed by atoms with Crippen molar-refractivity contribution >= 4 is 39.9 Å². The van der Waals surface area contributed by atoms with Crippen molar-refractivity contribution in [2.24, 2.45) is 0 Å². The molecule has 0 aliphatic carbocycles. The fourth-order valence-corrected chi connectivity index (χ4v) is 1.91. The van der Waals surface area contributed by atoms with E-state index < -0.39 is 5.97 Å². The molecule has 0 unspecified atom stereocenters. The highest BCUT2D eigenvalue weighted by Gasteiger charge is 2.10. The number of halogens is 1. The number of carbonyl (C=O) groups is 1. The number of thiazole rings is 1. The first-order valence-electron chi connectivity index (χ1n) is 4.61. The van der Waals surface area contributed by atoms with Crippen LogP contribution in [-0.4, -0.2) is 23.0 Å². The van der Waals surface area contributed by atoms with Gasteiger partial charge in [-0.3, -0.25) is 0 Å². The summed E-state index contributed by atoms with van der Waals surface area (Å²) in [6, 6.07) is 3.05. The number of aromatic nitrogens is 2. The monoisotopic (exact) mass is 269 g/mol. The van der Waals surface area contributed by atoms with Gasteiger partial charge in [0, 0.05) is 16.6 Å². The quantitative estimate of drug-likeness (QED) is 0.868. The Bertz CT molecular complexity index is 530. The molecule has 0 spiro atoms. The first kappa shape index (κ1) is 11.8. The zero-order chi connectivity index (χ0) is 12.3. The largest absolute Gasteiger partial charge is 0.464 e. The Morgan fingerprint density at radius 3 is 3.00 bits per heavy atom. The molecule has 0 aliphatic rings. The van der Waals surface area contributed by atoms with E-state index in [2.05, 4.69) is 20.0 Å². The number of methoxy groups -OCH3 is 1. The molecule has 7 heteroatoms. The molecule has 0 bridgehead atoms. The van der Waals surface area contributed by atoms with Crippen LogP contribution in [0.2, 0.25) is 5.02 Å². The number of hydrogen-bond acceptors (Lipinski definition) is 6. The van der Waals surface area contributed by atoms with Gasteiger partial charge in [-0.05, 0) is 12.1 Å². The maximum Gasteiger partial charge on any atom is 0.356 e. The van der Waals surface area contributed by atoms with Gasteiger partial charge >= 0.3 is 5.97 Å². The van der Waals surface area contributed by atoms with Crippen LogP contribution >= 0.6 is 22.9 Å². The molecular weight excluding hydrogens is 262 g/mol. The molecule has 2 aromatic heterocycles. The molecule has 2 heterocycles. The molecule has 1 N–H and O–H groups in total. The molecule has 0 aromatic carbocycles. The number of pyridine rings is 1. The van der Waals surface area contributed by atoms with Crippen molar-refractivity contribution in [1.29, 1.82) is 0 Å². The first-order chi connectivity index (χ1) is 8.19. The third-order valence-electron chi connectivity index (χ3n) is 1.85. The number of rotatable bonds is 3. The summed E-state index contributed by atoms with van der Waals surface area (Å²) in [7, 11) is 1.29. The third kappa shape index (κ3) is 2.92. The zero-order valence-corrected chi connectivity index (χ0v) is 10.4. The van der Waals surface area contributed by atoms with Gasteiger partial charge < -0.3 is 10.1 Å². The van der Waals surface area contributed by atoms with Gasteiger partial charge in [-0.2, -0.15) is 0 Å². The van der Waals surface area contributed by atoms with E-state index in [9.17, 15) is 4.79 Å². The van der Waals surface area contributed by atoms with Crippen LogP contribution in [0, 0.1) is 0 Å². The Labute approximate surface area is 106 Å². The van der Waals surface area contributed by atoms with Gasteiger partial charge in [0.25, 0.3) is 0 Å². The lowest BCUT2D eigenvalue weighted by Crippen LogP contribution is -2.06. The average molecular weight is 270 g/mol. The highest BCUT2D eigenvalue weighted by molar-refractivity contribution is 7.13. The second-order valence-corrected chi connectivity index (χ2v) is 4.34. The normalized spacial score (nSPS) is 10.0. The SMILES string of the molecule is COC(=O)c1cc(Cl)cc(Nc2nccs2)n1. The van der Waals surface area contributed by atoms with E-state index in [0.717, 1.165) is 0 Å². The van der Waals surface area contributed by atoms with E-state index in [4.69, 9.17) is 11.6 Å². The van der Waals surface area contributed by atoms with Crippen LogP contribution in [0.1, 0.15) is 10.5 Å². The number of ether oxygens (including phenoxy) is 1. The summed E-state index contributed by atoms with van der Waals surface area (Å²) in [4.78, 5) is 19.5. The third-order valence-corrected chi connectivity index (χ3v) is 2.76. The lowest BCUT2D eigenvalue weighted by Gasteiger charge is -2.05. The van der Waals surface area contributed by atoms with Crippen LogP contribution < -0.4 is 5.32 Å². The summed E-state index contributed by atoms with van der Waals surface area (Å²) >= 11 is 7.31. The Morgan fingerprint density at radius 1 is 1.53 bits per heavy atom. The van der Waals surface area contributed by atoms with Crippen molar-refractivity contribution in [3.05, 3.63) is 34.4 Å². The lowest BCUT2D eigenvalue weighted by molar-refractivity contribution is 0.0594. The molecule has 0 saturated carbocycles. The second-order valence-electron chi connectivity index (χ2n) is 3.01. The van der Waals surface area contributed by atoms with E-state index in [0.29, 0.717) is 16.0 Å². The van der Waals surface area contributed by atoms with Crippen LogP contribution in [0.3, 0.4) is 0 Å². The van der Waals surface area contributed by atoms with Crippen molar-refractivity contribution in [3.8, 4) is 0 Å². The average Bonchev–Trinajstić information content (AvgIpc) is 2.80. The summed E-state index contributed by atoms with van der Waals surface area (Å²) in [6.45, 7) is 0. The molecule has 5 nitrogen and oxygen atoms in total. The molecule has 0 atom stereocenters. The van der Waals surface area contributed by atoms with Gasteiger partial charge in [-0.15, -0.1) is 11.3 Å². The molecule has 2 rings (SSSR count). The summed E-state index contributed by atoms with van der Waals surface area (Å²) in [5.74, 6) is -0.0810. The van der Waals surface area contributed by atoms with Gasteiger partial charge in [0.1, 0.15) is 5.82 Å². The molecule has 0 radical (unpaired) electrons. The molecule has 0 amide bonds. The van der Waals surface area contributed by atoms with E-state index in [-0.39, 0.29) is 5.69 Å². The predicted molar refractivity (Wildman–Crippen MR) is 66.0 cm³/mol. The molecule has 0 fully saturated rings. The summed E-state index contributed by atoms with van der Waals surface area (Å²) in [6.07, 6.45) is 1.67. The minimum atomic E-state index is -0.533. The Balaban J connectivity index is 2.28. The number of anilines is 2. The topological polar surface area (TPSA) is 64.1 Å². The van der Waals surface area contributed by atoms with Crippen molar-refractivity contribution in [3.63, 3.8) is 0 Å². The van der Waals surface area contributed by atoms with Gasteiger partial charge in [0.05, 0.1) is 7.11 Å². The van der Waals surface area contributed by atoms with Crippen LogP contribution in [0.4, 0.5) is 10.9 Å². The van der Waals surface area contributed by atoms with Crippen LogP contribution in [0.15, 0.2) is 23.7 Å². The van der Waals surface area contributed by atoms with E-state index in [1.165, 1.54) is 24.5 Å². The standard InChI is InChI=1S/C10H8ClN3O2S/c1-16-9(15)7-4-6(11)5-8(13-7)14-10-12-2-3-17-10/h2-5H,1H3,(H,12,13,14). The smallest absolute Gasteiger partial charge is 0.356 e. The molecular formula is C10H8ClN3O2S. The Hall–Kier alpha value is -1.66. The van der Waals surface area contributed by atoms with E-state index in [1.807, 2.05) is 5.38 Å². The maximum atomic E-state index is 11.3. The van der Waals surface area contributed by atoms with Gasteiger partial charge in [-0.25, -0.2) is 14.8 Å². The van der Waals surface area contributed by atoms with Crippen LogP contribution in [0.5, 0.6) is 0 Å². The van der Waals surface area contributed by atoms with Gasteiger partial charge in [-0.1, -0.05) is 11.6 Å². The number of esters is 1. The Kier molecular flexibility index (Phi) is 3.55. The van der Waals surface area contributed by atoms with Crippen molar-refractivity contribution in [2.45, 2.75) is 0 Å². The lowest BCUT2D eigenvalue weighted by atomic mass is 10.3. The molecule has 17 heavy (non-hydrogen) atoms. The zero-order valence-electron chi connectivity index (χ0n) is 8.81. The highest BCUT2D eigenvalue weighted by atomic mass is 35.5. The minimum absolute atomic E-state index is 0.152. The summed E-state index contributed by atoms with van der Waals surface area (Å²) in [5.41, 5.74) is 0.152. The second kappa shape index (κ2) is 5.11. The van der Waals surface area contributed by atoms with Crippen LogP contribution in [0.25, 0.3) is 0 Å². The molecule has 0 aliphatic heterocycles. The predicted octanol–water partition coefficient (Wildman–Crippen LogP) is 2.72. The Morgan fingerprint density at radius 2 is 2.35 bits per heavy atom. The molecule has 2 aromatic rings. The van der Waals surface area contributed by atoms with Crippen LogP contribution in [-0.2, 0) is 4.74 Å². The van der Waals surface area contributed by atoms with Crippen molar-refractivity contribution < 1.29 is 9.53 Å². The summed E-state index contributed by atoms with van der Waals surface area (Å²) < 4.78 is 4.58. The maximum absolute atomic E-state index is 11.3. The number of carbonyl (C=O) groups excluding carboxylic acids is 1. The highest BCUT2D eigenvalue weighted by Crippen LogP contribution is 2.21. The fourth-order valence-electron chi connectivity index (χ4n) is 1.17. The number of hydrogen-bond donors (Lipinski definition) is 1. The fraction of sp³-hybridized carbons (Fsp3) is 0.100. The van der Waals surface area contributed by atoms with Crippen molar-refractivity contribution in [1.82, 2.24) is 9.97 Å². The van der Waals surface area contributed by atoms with Gasteiger partial charge in [0.15, 0.2) is 10.8 Å². The summed E-state index contributed by atoms with van der Waals surface area (Å²) in [5, 5.41) is 5.85. The van der Waals surface area contributed by atoms with E-state index in [1.54, 1.807) is 12.3 Å². The number of nitrogens with one attached hydrogen (secondary N) is 1. The molecule has 88 valence electrons. The molecule has 0 saturated heterocycles.